The monoisotopic (exact) mass is 599 g/mol. The summed E-state index contributed by atoms with van der Waals surface area (Å²) in [6.07, 6.45) is 4.94. The minimum Gasteiger partial charge on any atom is -0.352 e. The van der Waals surface area contributed by atoms with Crippen molar-refractivity contribution >= 4 is 39.1 Å². The fourth-order valence-corrected chi connectivity index (χ4v) is 6.70. The maximum absolute atomic E-state index is 14.0. The highest BCUT2D eigenvalue weighted by Crippen LogP contribution is 2.31. The lowest BCUT2D eigenvalue weighted by Crippen LogP contribution is -2.53. The van der Waals surface area contributed by atoms with E-state index in [1.54, 1.807) is 62.4 Å². The van der Waals surface area contributed by atoms with Gasteiger partial charge in [-0.3, -0.25) is 13.9 Å². The van der Waals surface area contributed by atoms with Gasteiger partial charge < -0.3 is 10.2 Å². The Bertz CT molecular complexity index is 1460. The standard InChI is InChI=1S/C31H35ClFN3O4S/c1-22-28(32)14-9-15-29(22)36(41(39,40)27-12-7-4-8-13-27)21-30(37)35(20-24-16-18-25(33)19-17-24)23(2)31(38)34-26-10-5-3-6-11-26/h4,7-9,12-19,23,26H,3,5-6,10-11,20-21H2,1-2H3,(H,34,38)/t23-/m0/s1. The molecule has 2 amide bonds. The highest BCUT2D eigenvalue weighted by Gasteiger charge is 2.34. The van der Waals surface area contributed by atoms with E-state index >= 15 is 0 Å². The fraction of sp³-hybridized carbons (Fsp3) is 0.355. The van der Waals surface area contributed by atoms with Gasteiger partial charge in [0, 0.05) is 17.6 Å². The van der Waals surface area contributed by atoms with Crippen molar-refractivity contribution in [2.75, 3.05) is 10.8 Å². The van der Waals surface area contributed by atoms with Gasteiger partial charge in [-0.1, -0.05) is 67.3 Å². The highest BCUT2D eigenvalue weighted by molar-refractivity contribution is 7.92. The first-order valence-corrected chi connectivity index (χ1v) is 15.6. The first kappa shape index (κ1) is 30.5. The average Bonchev–Trinajstić information content (AvgIpc) is 2.97. The van der Waals surface area contributed by atoms with Crippen molar-refractivity contribution in [1.82, 2.24) is 10.2 Å². The van der Waals surface area contributed by atoms with Gasteiger partial charge in [0.1, 0.15) is 18.4 Å². The van der Waals surface area contributed by atoms with Crippen LogP contribution in [-0.2, 0) is 26.2 Å². The summed E-state index contributed by atoms with van der Waals surface area (Å²) in [6, 6.07) is 17.5. The van der Waals surface area contributed by atoms with Crippen molar-refractivity contribution in [3.8, 4) is 0 Å². The van der Waals surface area contributed by atoms with Gasteiger partial charge in [-0.05, 0) is 74.2 Å². The highest BCUT2D eigenvalue weighted by atomic mass is 35.5. The van der Waals surface area contributed by atoms with Crippen LogP contribution in [-0.4, -0.2) is 43.8 Å². The van der Waals surface area contributed by atoms with Gasteiger partial charge in [0.25, 0.3) is 10.0 Å². The Labute approximate surface area is 246 Å². The Kier molecular flexibility index (Phi) is 10.0. The fourth-order valence-electron chi connectivity index (χ4n) is 5.04. The van der Waals surface area contributed by atoms with Crippen LogP contribution in [0.15, 0.2) is 77.7 Å². The smallest absolute Gasteiger partial charge is 0.264 e. The van der Waals surface area contributed by atoms with Crippen LogP contribution in [0.5, 0.6) is 0 Å². The number of anilines is 1. The van der Waals surface area contributed by atoms with E-state index in [1.807, 2.05) is 0 Å². The molecule has 0 aliphatic heterocycles. The summed E-state index contributed by atoms with van der Waals surface area (Å²) in [5.41, 5.74) is 1.36. The molecule has 218 valence electrons. The Morgan fingerprint density at radius 1 is 0.976 bits per heavy atom. The molecule has 1 fully saturated rings. The molecule has 0 radical (unpaired) electrons. The van der Waals surface area contributed by atoms with E-state index in [0.29, 0.717) is 16.1 Å². The number of sulfonamides is 1. The molecule has 1 aliphatic carbocycles. The summed E-state index contributed by atoms with van der Waals surface area (Å²) >= 11 is 6.36. The molecule has 1 saturated carbocycles. The van der Waals surface area contributed by atoms with Gasteiger partial charge in [-0.15, -0.1) is 0 Å². The summed E-state index contributed by atoms with van der Waals surface area (Å²) in [7, 11) is -4.19. The first-order chi connectivity index (χ1) is 19.6. The van der Waals surface area contributed by atoms with Crippen LogP contribution >= 0.6 is 11.6 Å². The van der Waals surface area contributed by atoms with Crippen molar-refractivity contribution < 1.29 is 22.4 Å². The Morgan fingerprint density at radius 3 is 2.29 bits per heavy atom. The minimum absolute atomic E-state index is 0.00782. The molecule has 41 heavy (non-hydrogen) atoms. The predicted molar refractivity (Wildman–Crippen MR) is 159 cm³/mol. The van der Waals surface area contributed by atoms with Crippen LogP contribution in [0, 0.1) is 12.7 Å². The topological polar surface area (TPSA) is 86.8 Å². The lowest BCUT2D eigenvalue weighted by molar-refractivity contribution is -0.139. The number of nitrogens with one attached hydrogen (secondary N) is 1. The van der Waals surface area contributed by atoms with E-state index in [9.17, 15) is 22.4 Å². The van der Waals surface area contributed by atoms with Crippen molar-refractivity contribution in [3.05, 3.63) is 94.8 Å². The second kappa shape index (κ2) is 13.5. The molecule has 0 bridgehead atoms. The molecule has 7 nitrogen and oxygen atoms in total. The quantitative estimate of drug-likeness (QED) is 0.317. The average molecular weight is 600 g/mol. The largest absolute Gasteiger partial charge is 0.352 e. The molecular formula is C31H35ClFN3O4S. The zero-order valence-electron chi connectivity index (χ0n) is 23.2. The van der Waals surface area contributed by atoms with Gasteiger partial charge >= 0.3 is 0 Å². The maximum atomic E-state index is 14.0. The van der Waals surface area contributed by atoms with Crippen LogP contribution in [0.3, 0.4) is 0 Å². The van der Waals surface area contributed by atoms with Crippen molar-refractivity contribution in [2.24, 2.45) is 0 Å². The number of carbonyl (C=O) groups excluding carboxylic acids is 2. The van der Waals surface area contributed by atoms with Gasteiger partial charge in [-0.25, -0.2) is 12.8 Å². The Balaban J connectivity index is 1.69. The van der Waals surface area contributed by atoms with E-state index in [-0.39, 0.29) is 29.1 Å². The van der Waals surface area contributed by atoms with E-state index < -0.39 is 34.3 Å². The molecule has 3 aromatic carbocycles. The molecule has 0 heterocycles. The van der Waals surface area contributed by atoms with Gasteiger partial charge in [-0.2, -0.15) is 0 Å². The summed E-state index contributed by atoms with van der Waals surface area (Å²) in [5, 5.41) is 3.42. The van der Waals surface area contributed by atoms with E-state index in [2.05, 4.69) is 5.32 Å². The summed E-state index contributed by atoms with van der Waals surface area (Å²) in [5.74, 6) is -1.32. The lowest BCUT2D eigenvalue weighted by atomic mass is 9.95. The summed E-state index contributed by atoms with van der Waals surface area (Å²) < 4.78 is 42.5. The summed E-state index contributed by atoms with van der Waals surface area (Å²) in [6.45, 7) is 2.74. The van der Waals surface area contributed by atoms with E-state index in [1.165, 1.54) is 29.2 Å². The second-order valence-electron chi connectivity index (χ2n) is 10.4. The number of nitrogens with zero attached hydrogens (tertiary/aromatic N) is 2. The Hall–Kier alpha value is -3.43. The molecule has 1 N–H and O–H groups in total. The molecule has 10 heteroatoms. The van der Waals surface area contributed by atoms with Crippen LogP contribution in [0.1, 0.15) is 50.2 Å². The van der Waals surface area contributed by atoms with E-state index in [4.69, 9.17) is 11.6 Å². The number of rotatable bonds is 10. The molecule has 0 saturated heterocycles. The van der Waals surface area contributed by atoms with Crippen LogP contribution < -0.4 is 9.62 Å². The Morgan fingerprint density at radius 2 is 1.63 bits per heavy atom. The molecular weight excluding hydrogens is 565 g/mol. The summed E-state index contributed by atoms with van der Waals surface area (Å²) in [4.78, 5) is 28.8. The third-order valence-electron chi connectivity index (χ3n) is 7.50. The third kappa shape index (κ3) is 7.45. The molecule has 4 rings (SSSR count). The number of hydrogen-bond acceptors (Lipinski definition) is 4. The van der Waals surface area contributed by atoms with Gasteiger partial charge in [0.15, 0.2) is 0 Å². The molecule has 0 spiro atoms. The van der Waals surface area contributed by atoms with Crippen LogP contribution in [0.4, 0.5) is 10.1 Å². The molecule has 0 unspecified atom stereocenters. The molecule has 3 aromatic rings. The zero-order chi connectivity index (χ0) is 29.6. The first-order valence-electron chi connectivity index (χ1n) is 13.7. The van der Waals surface area contributed by atoms with Crippen molar-refractivity contribution in [2.45, 2.75) is 69.5 Å². The maximum Gasteiger partial charge on any atom is 0.264 e. The third-order valence-corrected chi connectivity index (χ3v) is 9.69. The number of carbonyl (C=O) groups is 2. The zero-order valence-corrected chi connectivity index (χ0v) is 24.8. The predicted octanol–water partition coefficient (Wildman–Crippen LogP) is 5.85. The van der Waals surface area contributed by atoms with Crippen LogP contribution in [0.2, 0.25) is 5.02 Å². The number of amides is 2. The lowest BCUT2D eigenvalue weighted by Gasteiger charge is -2.33. The molecule has 0 aromatic heterocycles. The van der Waals surface area contributed by atoms with Gasteiger partial charge in [0.05, 0.1) is 10.6 Å². The second-order valence-corrected chi connectivity index (χ2v) is 12.6. The van der Waals surface area contributed by atoms with Crippen molar-refractivity contribution in [1.29, 1.82) is 0 Å². The van der Waals surface area contributed by atoms with Crippen LogP contribution in [0.25, 0.3) is 0 Å². The molecule has 1 atom stereocenters. The number of benzene rings is 3. The number of halogens is 2. The normalized spacial score (nSPS) is 14.7. The molecule has 1 aliphatic rings. The number of hydrogen-bond donors (Lipinski definition) is 1. The minimum atomic E-state index is -4.19. The van der Waals surface area contributed by atoms with E-state index in [0.717, 1.165) is 36.4 Å². The van der Waals surface area contributed by atoms with Gasteiger partial charge in [0.2, 0.25) is 11.8 Å². The van der Waals surface area contributed by atoms with Crippen molar-refractivity contribution in [3.63, 3.8) is 0 Å². The SMILES string of the molecule is Cc1c(Cl)cccc1N(CC(=O)N(Cc1ccc(F)cc1)[C@@H](C)C(=O)NC1CCCCC1)S(=O)(=O)c1ccccc1.